The number of fused-ring (bicyclic) bond motifs is 3. The Kier molecular flexibility index (Phi) is 10.1. The second kappa shape index (κ2) is 14.1. The van der Waals surface area contributed by atoms with Crippen LogP contribution in [0.2, 0.25) is 0 Å². The lowest BCUT2D eigenvalue weighted by Crippen LogP contribution is -2.58. The third-order valence-electron chi connectivity index (χ3n) is 10.2. The predicted octanol–water partition coefficient (Wildman–Crippen LogP) is 2.97. The number of hydrogen-bond donors (Lipinski definition) is 3. The smallest absolute Gasteiger partial charge is 0.410 e. The summed E-state index contributed by atoms with van der Waals surface area (Å²) in [6.07, 6.45) is -0.792. The number of allylic oxidation sites excluding steroid dienone is 1. The van der Waals surface area contributed by atoms with Crippen molar-refractivity contribution in [2.24, 2.45) is 11.3 Å². The van der Waals surface area contributed by atoms with Gasteiger partial charge >= 0.3 is 12.2 Å². The standard InChI is InChI=1S/C35H43F2N5O9S/c1-4-22-15-35(22,31(45)40-52(48,49)24-10-11-24)39-29(43)27-13-23-17-42(27)30(44)26(14-28(36)37)38-32(46)50-19-34(2,3)12-6-9-20-7-5-8-21-16-41(18-25(20)21)33(47)51-23/h4-9,22-24,26-28H,1,10-19H2,2-3H3,(H,38,46)(H,39,43)(H,40,45)/b9-6+/t22-,23-,26+,27+,35-/m1/s1. The van der Waals surface area contributed by atoms with Gasteiger partial charge in [-0.2, -0.15) is 0 Å². The molecule has 5 atom stereocenters. The number of nitrogens with one attached hydrogen (secondary N) is 3. The molecule has 3 heterocycles. The van der Waals surface area contributed by atoms with Gasteiger partial charge in [0.25, 0.3) is 5.91 Å². The van der Waals surface area contributed by atoms with Gasteiger partial charge in [-0.1, -0.05) is 50.3 Å². The zero-order valence-corrected chi connectivity index (χ0v) is 29.8. The summed E-state index contributed by atoms with van der Waals surface area (Å²) in [5.74, 6) is -3.56. The summed E-state index contributed by atoms with van der Waals surface area (Å²) in [6, 6.07) is 2.42. The molecule has 3 aliphatic heterocycles. The van der Waals surface area contributed by atoms with E-state index in [1.807, 2.05) is 44.2 Å². The van der Waals surface area contributed by atoms with E-state index in [1.165, 1.54) is 11.0 Å². The highest BCUT2D eigenvalue weighted by Gasteiger charge is 2.62. The van der Waals surface area contributed by atoms with E-state index < -0.39 is 93.1 Å². The summed E-state index contributed by atoms with van der Waals surface area (Å²) >= 11 is 0. The monoisotopic (exact) mass is 747 g/mol. The number of halogens is 2. The van der Waals surface area contributed by atoms with Crippen molar-refractivity contribution in [2.75, 3.05) is 13.2 Å². The molecule has 2 saturated carbocycles. The fourth-order valence-corrected chi connectivity index (χ4v) is 8.32. The second-order valence-corrected chi connectivity index (χ2v) is 16.9. The van der Waals surface area contributed by atoms with Crippen molar-refractivity contribution < 1.29 is 50.6 Å². The molecule has 14 nitrogen and oxygen atoms in total. The number of hydrogen-bond acceptors (Lipinski definition) is 9. The number of alkyl halides is 2. The second-order valence-electron chi connectivity index (χ2n) is 14.9. The van der Waals surface area contributed by atoms with Gasteiger partial charge in [0, 0.05) is 30.7 Å². The molecule has 2 aliphatic carbocycles. The molecule has 3 fully saturated rings. The van der Waals surface area contributed by atoms with Crippen LogP contribution in [-0.4, -0.2) is 96.7 Å². The Bertz CT molecular complexity index is 1800. The van der Waals surface area contributed by atoms with Gasteiger partial charge in [-0.3, -0.25) is 24.0 Å². The minimum absolute atomic E-state index is 0.0256. The average molecular weight is 748 g/mol. The Morgan fingerprint density at radius 1 is 1.17 bits per heavy atom. The van der Waals surface area contributed by atoms with Crippen LogP contribution < -0.4 is 15.4 Å². The molecule has 6 rings (SSSR count). The lowest BCUT2D eigenvalue weighted by atomic mass is 9.90. The Morgan fingerprint density at radius 2 is 1.92 bits per heavy atom. The lowest BCUT2D eigenvalue weighted by molar-refractivity contribution is -0.141. The molecule has 1 aromatic carbocycles. The first-order valence-electron chi connectivity index (χ1n) is 17.3. The van der Waals surface area contributed by atoms with E-state index in [0.29, 0.717) is 19.3 Å². The van der Waals surface area contributed by atoms with Crippen molar-refractivity contribution >= 4 is 46.0 Å². The summed E-state index contributed by atoms with van der Waals surface area (Å²) in [4.78, 5) is 70.2. The third kappa shape index (κ3) is 7.93. The number of nitrogens with zero attached hydrogens (tertiary/aromatic N) is 2. The number of amides is 5. The van der Waals surface area contributed by atoms with Crippen LogP contribution in [0, 0.1) is 11.3 Å². The van der Waals surface area contributed by atoms with Crippen LogP contribution in [-0.2, 0) is 47.0 Å². The van der Waals surface area contributed by atoms with E-state index in [-0.39, 0.29) is 39.1 Å². The van der Waals surface area contributed by atoms with Crippen molar-refractivity contribution in [1.29, 1.82) is 0 Å². The maximum absolute atomic E-state index is 14.0. The molecule has 282 valence electrons. The molecular weight excluding hydrogens is 704 g/mol. The van der Waals surface area contributed by atoms with Crippen LogP contribution in [0.4, 0.5) is 18.4 Å². The number of cyclic esters (lactones) is 1. The summed E-state index contributed by atoms with van der Waals surface area (Å²) in [6.45, 7) is 7.37. The maximum atomic E-state index is 14.0. The van der Waals surface area contributed by atoms with Gasteiger partial charge in [0.2, 0.25) is 28.3 Å². The van der Waals surface area contributed by atoms with Crippen molar-refractivity contribution in [3.8, 4) is 0 Å². The highest BCUT2D eigenvalue weighted by Crippen LogP contribution is 2.45. The quantitative estimate of drug-likeness (QED) is 0.337. The van der Waals surface area contributed by atoms with Gasteiger partial charge in [0.1, 0.15) is 23.7 Å². The molecule has 4 bridgehead atoms. The summed E-state index contributed by atoms with van der Waals surface area (Å²) in [5.41, 5.74) is 0.456. The number of benzene rings is 1. The van der Waals surface area contributed by atoms with Gasteiger partial charge in [-0.15, -0.1) is 6.58 Å². The Labute approximate surface area is 300 Å². The van der Waals surface area contributed by atoms with Crippen molar-refractivity contribution in [1.82, 2.24) is 25.2 Å². The van der Waals surface area contributed by atoms with E-state index in [9.17, 15) is 41.2 Å². The number of carbonyl (C=O) groups excluding carboxylic acids is 5. The molecule has 1 aromatic rings. The largest absolute Gasteiger partial charge is 0.449 e. The van der Waals surface area contributed by atoms with Gasteiger partial charge in [-0.25, -0.2) is 26.8 Å². The van der Waals surface area contributed by atoms with Gasteiger partial charge in [0.15, 0.2) is 0 Å². The summed E-state index contributed by atoms with van der Waals surface area (Å²) in [7, 11) is -3.98. The Balaban J connectivity index is 1.28. The first kappa shape index (κ1) is 37.2. The van der Waals surface area contributed by atoms with Crippen molar-refractivity contribution in [3.05, 3.63) is 53.6 Å². The highest BCUT2D eigenvalue weighted by molar-refractivity contribution is 7.91. The van der Waals surface area contributed by atoms with E-state index in [2.05, 4.69) is 21.9 Å². The SMILES string of the molecule is C=C[C@@H]1C[C@]1(NC(=O)[C@@H]1C[C@@H]2CN1C(=O)[C@H](CC(F)F)NC(=O)OCC(C)(C)C/C=C/c1cccc3c1CN(C3)C(=O)O2)C(=O)NS(=O)(=O)C1CC1. The number of alkyl carbamates (subject to hydrolysis) is 1. The van der Waals surface area contributed by atoms with Crippen LogP contribution in [0.15, 0.2) is 36.9 Å². The van der Waals surface area contributed by atoms with Crippen LogP contribution >= 0.6 is 0 Å². The fraction of sp³-hybridized carbons (Fsp3) is 0.571. The molecular formula is C35H43F2N5O9S. The van der Waals surface area contributed by atoms with E-state index in [4.69, 9.17) is 9.47 Å². The summed E-state index contributed by atoms with van der Waals surface area (Å²) in [5, 5.41) is 4.11. The molecule has 0 unspecified atom stereocenters. The molecule has 17 heteroatoms. The third-order valence-corrected chi connectivity index (χ3v) is 12.0. The molecule has 0 spiro atoms. The molecule has 0 radical (unpaired) electrons. The van der Waals surface area contributed by atoms with E-state index >= 15 is 0 Å². The molecule has 0 aromatic heterocycles. The molecule has 3 N–H and O–H groups in total. The number of ether oxygens (including phenoxy) is 2. The predicted molar refractivity (Wildman–Crippen MR) is 182 cm³/mol. The molecule has 1 saturated heterocycles. The van der Waals surface area contributed by atoms with Gasteiger partial charge in [0.05, 0.1) is 24.9 Å². The lowest BCUT2D eigenvalue weighted by Gasteiger charge is -2.30. The number of carbonyl (C=O) groups is 5. The minimum atomic E-state index is -3.98. The molecule has 52 heavy (non-hydrogen) atoms. The van der Waals surface area contributed by atoms with Crippen LogP contribution in [0.1, 0.15) is 69.1 Å². The van der Waals surface area contributed by atoms with Crippen LogP contribution in [0.25, 0.3) is 6.08 Å². The van der Waals surface area contributed by atoms with Crippen LogP contribution in [0.3, 0.4) is 0 Å². The normalized spacial score (nSPS) is 29.5. The van der Waals surface area contributed by atoms with E-state index in [1.54, 1.807) is 0 Å². The zero-order chi connectivity index (χ0) is 37.6. The Hall–Kier alpha value is -4.54. The number of rotatable bonds is 8. The van der Waals surface area contributed by atoms with Gasteiger partial charge in [-0.05, 0) is 42.4 Å². The van der Waals surface area contributed by atoms with E-state index in [0.717, 1.165) is 21.6 Å². The van der Waals surface area contributed by atoms with Crippen LogP contribution in [0.5, 0.6) is 0 Å². The first-order valence-corrected chi connectivity index (χ1v) is 18.8. The summed E-state index contributed by atoms with van der Waals surface area (Å²) < 4.78 is 66.1. The van der Waals surface area contributed by atoms with Crippen molar-refractivity contribution in [2.45, 2.75) is 101 Å². The highest BCUT2D eigenvalue weighted by atomic mass is 32.2. The average Bonchev–Trinajstić information content (AvgIpc) is 3.97. The van der Waals surface area contributed by atoms with Gasteiger partial charge < -0.3 is 25.0 Å². The van der Waals surface area contributed by atoms with Crippen molar-refractivity contribution in [3.63, 3.8) is 0 Å². The fourth-order valence-electron chi connectivity index (χ4n) is 6.95. The molecule has 5 aliphatic rings. The minimum Gasteiger partial charge on any atom is -0.449 e. The molecule has 5 amide bonds. The first-order chi connectivity index (χ1) is 24.5. The number of sulfonamides is 1. The topological polar surface area (TPSA) is 181 Å². The maximum Gasteiger partial charge on any atom is 0.410 e. The Morgan fingerprint density at radius 3 is 2.60 bits per heavy atom. The zero-order valence-electron chi connectivity index (χ0n) is 28.9.